The summed E-state index contributed by atoms with van der Waals surface area (Å²) in [6.07, 6.45) is -11.6. The van der Waals surface area contributed by atoms with Crippen molar-refractivity contribution in [1.82, 2.24) is 0 Å². The molecule has 0 heterocycles. The van der Waals surface area contributed by atoms with Gasteiger partial charge in [-0.25, -0.2) is 12.8 Å². The molecule has 0 aromatic heterocycles. The summed E-state index contributed by atoms with van der Waals surface area (Å²) in [5.74, 6) is 0. The van der Waals surface area contributed by atoms with Gasteiger partial charge in [-0.05, 0) is 12.1 Å². The SMILES string of the molecule is CN(c1ccc(C(F)(C(F)(F)F)C(F)(F)F)cc1)S(C)(=O)=O. The molecule has 0 atom stereocenters. The molecular formula is C11H10F7NO2S. The average Bonchev–Trinajstić information content (AvgIpc) is 2.33. The highest BCUT2D eigenvalue weighted by molar-refractivity contribution is 7.92. The van der Waals surface area contributed by atoms with Crippen molar-refractivity contribution < 1.29 is 39.2 Å². The number of rotatable bonds is 3. The molecule has 1 aromatic carbocycles. The van der Waals surface area contributed by atoms with Crippen LogP contribution in [-0.2, 0) is 15.7 Å². The second-order valence-electron chi connectivity index (χ2n) is 4.43. The van der Waals surface area contributed by atoms with Gasteiger partial charge in [-0.1, -0.05) is 12.1 Å². The van der Waals surface area contributed by atoms with Crippen molar-refractivity contribution in [3.63, 3.8) is 0 Å². The van der Waals surface area contributed by atoms with E-state index in [9.17, 15) is 39.2 Å². The Morgan fingerprint density at radius 1 is 0.864 bits per heavy atom. The van der Waals surface area contributed by atoms with E-state index in [1.165, 1.54) is 0 Å². The van der Waals surface area contributed by atoms with Crippen LogP contribution in [0.5, 0.6) is 0 Å². The van der Waals surface area contributed by atoms with Gasteiger partial charge >= 0.3 is 18.0 Å². The Kier molecular flexibility index (Phi) is 4.45. The van der Waals surface area contributed by atoms with Crippen molar-refractivity contribution in [3.8, 4) is 0 Å². The van der Waals surface area contributed by atoms with Gasteiger partial charge in [0.2, 0.25) is 10.0 Å². The highest BCUT2D eigenvalue weighted by Crippen LogP contribution is 2.53. The van der Waals surface area contributed by atoms with Gasteiger partial charge in [0.25, 0.3) is 0 Å². The first kappa shape index (κ1) is 18.5. The van der Waals surface area contributed by atoms with Crippen LogP contribution in [0, 0.1) is 0 Å². The number of sulfonamides is 1. The summed E-state index contributed by atoms with van der Waals surface area (Å²) < 4.78 is 112. The van der Waals surface area contributed by atoms with Gasteiger partial charge in [0.15, 0.2) is 0 Å². The van der Waals surface area contributed by atoms with Crippen LogP contribution in [0.25, 0.3) is 0 Å². The second kappa shape index (κ2) is 5.28. The molecule has 0 amide bonds. The molecule has 0 radical (unpaired) electrons. The number of hydrogen-bond donors (Lipinski definition) is 0. The van der Waals surface area contributed by atoms with E-state index in [-0.39, 0.29) is 17.8 Å². The fraction of sp³-hybridized carbons (Fsp3) is 0.455. The normalized spacial score (nSPS) is 14.0. The Morgan fingerprint density at radius 3 is 1.50 bits per heavy atom. The van der Waals surface area contributed by atoms with Crippen LogP contribution in [0.2, 0.25) is 0 Å². The predicted molar refractivity (Wildman–Crippen MR) is 64.6 cm³/mol. The van der Waals surface area contributed by atoms with Gasteiger partial charge in [-0.2, -0.15) is 26.3 Å². The average molecular weight is 353 g/mol. The predicted octanol–water partition coefficient (Wildman–Crippen LogP) is 3.37. The zero-order valence-electron chi connectivity index (χ0n) is 11.1. The second-order valence-corrected chi connectivity index (χ2v) is 6.45. The smallest absolute Gasteiger partial charge is 0.274 e. The largest absolute Gasteiger partial charge is 0.435 e. The molecule has 126 valence electrons. The first-order valence-electron chi connectivity index (χ1n) is 5.49. The minimum Gasteiger partial charge on any atom is -0.274 e. The van der Waals surface area contributed by atoms with Gasteiger partial charge in [0.05, 0.1) is 11.9 Å². The van der Waals surface area contributed by atoms with Crippen molar-refractivity contribution in [2.45, 2.75) is 18.0 Å². The van der Waals surface area contributed by atoms with E-state index in [0.717, 1.165) is 13.3 Å². The maximum atomic E-state index is 13.7. The third-order valence-corrected chi connectivity index (χ3v) is 4.11. The maximum absolute atomic E-state index is 13.7. The van der Waals surface area contributed by atoms with E-state index >= 15 is 0 Å². The fourth-order valence-corrected chi connectivity index (χ4v) is 2.09. The molecule has 0 aliphatic rings. The molecule has 22 heavy (non-hydrogen) atoms. The lowest BCUT2D eigenvalue weighted by molar-refractivity contribution is -0.348. The molecule has 0 saturated heterocycles. The number of alkyl halides is 7. The number of nitrogens with zero attached hydrogens (tertiary/aromatic N) is 1. The molecule has 0 bridgehead atoms. The number of hydrogen-bond acceptors (Lipinski definition) is 2. The number of halogens is 7. The Labute approximate surface area is 121 Å². The van der Waals surface area contributed by atoms with Crippen LogP contribution < -0.4 is 4.31 Å². The maximum Gasteiger partial charge on any atom is 0.435 e. The quantitative estimate of drug-likeness (QED) is 0.782. The van der Waals surface area contributed by atoms with Crippen LogP contribution in [0.3, 0.4) is 0 Å². The molecule has 0 aliphatic heterocycles. The Morgan fingerprint density at radius 2 is 1.23 bits per heavy atom. The molecule has 11 heteroatoms. The van der Waals surface area contributed by atoms with Gasteiger partial charge in [-0.15, -0.1) is 0 Å². The molecule has 3 nitrogen and oxygen atoms in total. The molecule has 0 spiro atoms. The zero-order valence-corrected chi connectivity index (χ0v) is 11.9. The van der Waals surface area contributed by atoms with Crippen molar-refractivity contribution >= 4 is 15.7 Å². The highest BCUT2D eigenvalue weighted by Gasteiger charge is 2.73. The van der Waals surface area contributed by atoms with Crippen LogP contribution >= 0.6 is 0 Å². The van der Waals surface area contributed by atoms with Gasteiger partial charge in [-0.3, -0.25) is 4.31 Å². The van der Waals surface area contributed by atoms with E-state index < -0.39 is 33.6 Å². The summed E-state index contributed by atoms with van der Waals surface area (Å²) in [5.41, 5.74) is -7.43. The summed E-state index contributed by atoms with van der Waals surface area (Å²) in [6.45, 7) is 0. The van der Waals surface area contributed by atoms with Crippen molar-refractivity contribution in [2.75, 3.05) is 17.6 Å². The minimum atomic E-state index is -6.21. The summed E-state index contributed by atoms with van der Waals surface area (Å²) in [7, 11) is -2.72. The summed E-state index contributed by atoms with van der Waals surface area (Å²) in [5, 5.41) is 0. The monoisotopic (exact) mass is 353 g/mol. The lowest BCUT2D eigenvalue weighted by Crippen LogP contribution is -2.50. The third kappa shape index (κ3) is 3.13. The van der Waals surface area contributed by atoms with E-state index in [1.54, 1.807) is 0 Å². The Hall–Kier alpha value is -1.52. The molecular weight excluding hydrogens is 343 g/mol. The van der Waals surface area contributed by atoms with Crippen LogP contribution in [0.4, 0.5) is 36.4 Å². The summed E-state index contributed by atoms with van der Waals surface area (Å²) in [6, 6.07) is 1.81. The first-order chi connectivity index (χ1) is 9.62. The van der Waals surface area contributed by atoms with Gasteiger partial charge in [0.1, 0.15) is 0 Å². The van der Waals surface area contributed by atoms with E-state index in [2.05, 4.69) is 0 Å². The molecule has 0 fully saturated rings. The lowest BCUT2D eigenvalue weighted by atomic mass is 9.94. The van der Waals surface area contributed by atoms with E-state index in [1.807, 2.05) is 0 Å². The standard InChI is InChI=1S/C11H10F7NO2S/c1-19(22(2,20)21)8-5-3-7(4-6-8)9(12,10(13,14)15)11(16,17)18/h3-6H,1-2H3. The lowest BCUT2D eigenvalue weighted by Gasteiger charge is -2.30. The van der Waals surface area contributed by atoms with Gasteiger partial charge in [0, 0.05) is 12.6 Å². The topological polar surface area (TPSA) is 37.4 Å². The molecule has 0 unspecified atom stereocenters. The summed E-state index contributed by atoms with van der Waals surface area (Å²) >= 11 is 0. The molecule has 0 aliphatic carbocycles. The summed E-state index contributed by atoms with van der Waals surface area (Å²) in [4.78, 5) is 0. The highest BCUT2D eigenvalue weighted by atomic mass is 32.2. The van der Waals surface area contributed by atoms with Gasteiger partial charge < -0.3 is 0 Å². The minimum absolute atomic E-state index is 0.210. The van der Waals surface area contributed by atoms with Crippen LogP contribution in [0.15, 0.2) is 24.3 Å². The number of anilines is 1. The first-order valence-corrected chi connectivity index (χ1v) is 7.34. The number of benzene rings is 1. The third-order valence-electron chi connectivity index (χ3n) is 2.91. The van der Waals surface area contributed by atoms with E-state index in [0.29, 0.717) is 16.4 Å². The molecule has 0 N–H and O–H groups in total. The van der Waals surface area contributed by atoms with Crippen molar-refractivity contribution in [1.29, 1.82) is 0 Å². The van der Waals surface area contributed by atoms with Crippen molar-refractivity contribution in [2.24, 2.45) is 0 Å². The Bertz CT molecular complexity index is 620. The molecule has 1 rings (SSSR count). The molecule has 1 aromatic rings. The van der Waals surface area contributed by atoms with Crippen LogP contribution in [0.1, 0.15) is 5.56 Å². The van der Waals surface area contributed by atoms with E-state index in [4.69, 9.17) is 0 Å². The fourth-order valence-electron chi connectivity index (χ4n) is 1.58. The van der Waals surface area contributed by atoms with Crippen molar-refractivity contribution in [3.05, 3.63) is 29.8 Å². The van der Waals surface area contributed by atoms with Crippen LogP contribution in [-0.4, -0.2) is 34.1 Å². The Balaban J connectivity index is 3.39. The molecule has 0 saturated carbocycles. The zero-order chi connectivity index (χ0) is 17.6.